The van der Waals surface area contributed by atoms with Crippen LogP contribution in [-0.4, -0.2) is 43.9 Å². The molecule has 1 N–H and O–H groups in total. The summed E-state index contributed by atoms with van der Waals surface area (Å²) in [5, 5.41) is 17.7. The lowest BCUT2D eigenvalue weighted by atomic mass is 10.2. The number of nitrogens with zero attached hydrogens (tertiary/aromatic N) is 4. The van der Waals surface area contributed by atoms with Gasteiger partial charge in [-0.15, -0.1) is 10.2 Å². The zero-order valence-electron chi connectivity index (χ0n) is 10.6. The molecule has 0 radical (unpaired) electrons. The summed E-state index contributed by atoms with van der Waals surface area (Å²) >= 11 is 3.68. The van der Waals surface area contributed by atoms with E-state index in [0.29, 0.717) is 12.0 Å². The van der Waals surface area contributed by atoms with E-state index in [1.54, 1.807) is 11.3 Å². The van der Waals surface area contributed by atoms with Gasteiger partial charge in [0.1, 0.15) is 5.01 Å². The lowest BCUT2D eigenvalue weighted by Gasteiger charge is -2.21. The molecule has 2 aromatic heterocycles. The molecule has 1 fully saturated rings. The smallest absolute Gasteiger partial charge is 0.234 e. The number of hydrogen-bond acceptors (Lipinski definition) is 6. The van der Waals surface area contributed by atoms with Crippen LogP contribution in [-0.2, 0) is 6.42 Å². The van der Waals surface area contributed by atoms with E-state index in [0.717, 1.165) is 28.8 Å². The van der Waals surface area contributed by atoms with Crippen LogP contribution in [0.2, 0.25) is 0 Å². The van der Waals surface area contributed by atoms with Gasteiger partial charge in [-0.05, 0) is 0 Å². The van der Waals surface area contributed by atoms with Gasteiger partial charge in [0.2, 0.25) is 4.96 Å². The zero-order valence-corrected chi connectivity index (χ0v) is 12.2. The van der Waals surface area contributed by atoms with E-state index < -0.39 is 0 Å². The highest BCUT2D eigenvalue weighted by Gasteiger charge is 2.18. The molecule has 0 amide bonds. The van der Waals surface area contributed by atoms with Crippen molar-refractivity contribution in [1.82, 2.24) is 25.1 Å². The van der Waals surface area contributed by atoms with Gasteiger partial charge >= 0.3 is 0 Å². The van der Waals surface area contributed by atoms with Gasteiger partial charge in [-0.25, -0.2) is 0 Å². The summed E-state index contributed by atoms with van der Waals surface area (Å²) in [6, 6.07) is 0.551. The summed E-state index contributed by atoms with van der Waals surface area (Å²) in [4.78, 5) is 0.914. The maximum Gasteiger partial charge on any atom is 0.234 e. The molecule has 18 heavy (non-hydrogen) atoms. The molecule has 0 bridgehead atoms. The predicted molar refractivity (Wildman–Crippen MR) is 75.6 cm³/mol. The molecule has 2 aromatic rings. The first kappa shape index (κ1) is 12.4. The third-order valence-corrected chi connectivity index (χ3v) is 5.04. The quantitative estimate of drug-likeness (QED) is 0.926. The fraction of sp³-hybridized carbons (Fsp3) is 0.727. The minimum atomic E-state index is 0.360. The topological polar surface area (TPSA) is 55.1 Å². The highest BCUT2D eigenvalue weighted by molar-refractivity contribution is 7.99. The number of fused-ring (bicyclic) bond motifs is 1. The van der Waals surface area contributed by atoms with E-state index in [2.05, 4.69) is 34.5 Å². The Kier molecular flexibility index (Phi) is 3.54. The van der Waals surface area contributed by atoms with Gasteiger partial charge in [-0.1, -0.05) is 25.2 Å². The van der Waals surface area contributed by atoms with Crippen LogP contribution in [0.5, 0.6) is 0 Å². The Morgan fingerprint density at radius 1 is 1.44 bits per heavy atom. The van der Waals surface area contributed by atoms with Gasteiger partial charge in [-0.2, -0.15) is 21.4 Å². The predicted octanol–water partition coefficient (Wildman–Crippen LogP) is 1.56. The van der Waals surface area contributed by atoms with E-state index in [1.807, 2.05) is 16.3 Å². The maximum atomic E-state index is 4.65. The Labute approximate surface area is 114 Å². The molecule has 0 aromatic carbocycles. The summed E-state index contributed by atoms with van der Waals surface area (Å²) in [7, 11) is 0. The second kappa shape index (κ2) is 5.14. The Morgan fingerprint density at radius 3 is 3.06 bits per heavy atom. The fourth-order valence-electron chi connectivity index (χ4n) is 2.08. The molecule has 0 spiro atoms. The van der Waals surface area contributed by atoms with E-state index in [-0.39, 0.29) is 0 Å². The number of rotatable bonds is 3. The van der Waals surface area contributed by atoms with Crippen LogP contribution in [0.25, 0.3) is 4.96 Å². The highest BCUT2D eigenvalue weighted by atomic mass is 32.2. The fourth-order valence-corrected chi connectivity index (χ4v) is 3.95. The van der Waals surface area contributed by atoms with Crippen molar-refractivity contribution >= 4 is 28.1 Å². The average Bonchev–Trinajstić information content (AvgIpc) is 2.89. The first-order valence-electron chi connectivity index (χ1n) is 6.26. The number of nitrogens with one attached hydrogen (secondary N) is 1. The molecule has 5 nitrogen and oxygen atoms in total. The van der Waals surface area contributed by atoms with Crippen molar-refractivity contribution in [2.75, 3.05) is 18.1 Å². The van der Waals surface area contributed by atoms with Crippen LogP contribution in [0.1, 0.15) is 30.6 Å². The summed E-state index contributed by atoms with van der Waals surface area (Å²) in [5.74, 6) is 3.72. The van der Waals surface area contributed by atoms with E-state index >= 15 is 0 Å². The normalized spacial score (nSPS) is 20.9. The standard InChI is InChI=1S/C11H17N5S2/c1-7(2)10-13-14-11-16(10)15-9(18-11)5-8-6-17-4-3-12-8/h7-8,12H,3-6H2,1-2H3. The van der Waals surface area contributed by atoms with Gasteiger partial charge in [-0.3, -0.25) is 0 Å². The number of aromatic nitrogens is 4. The molecular formula is C11H17N5S2. The third kappa shape index (κ3) is 2.39. The Hall–Kier alpha value is -0.660. The second-order valence-electron chi connectivity index (χ2n) is 4.83. The molecule has 0 aliphatic carbocycles. The first-order chi connectivity index (χ1) is 8.74. The zero-order chi connectivity index (χ0) is 12.5. The maximum absolute atomic E-state index is 4.65. The molecule has 0 saturated carbocycles. The molecule has 7 heteroatoms. The largest absolute Gasteiger partial charge is 0.312 e. The average molecular weight is 283 g/mol. The number of hydrogen-bond donors (Lipinski definition) is 1. The highest BCUT2D eigenvalue weighted by Crippen LogP contribution is 2.20. The molecule has 1 aliphatic rings. The Balaban J connectivity index is 1.80. The van der Waals surface area contributed by atoms with Crippen molar-refractivity contribution < 1.29 is 0 Å². The summed E-state index contributed by atoms with van der Waals surface area (Å²) < 4.78 is 1.90. The summed E-state index contributed by atoms with van der Waals surface area (Å²) in [5.41, 5.74) is 0. The van der Waals surface area contributed by atoms with Gasteiger partial charge in [0, 0.05) is 36.4 Å². The monoisotopic (exact) mass is 283 g/mol. The van der Waals surface area contributed by atoms with Crippen LogP contribution in [0.15, 0.2) is 0 Å². The summed E-state index contributed by atoms with van der Waals surface area (Å²) in [6.45, 7) is 5.35. The van der Waals surface area contributed by atoms with Gasteiger partial charge in [0.25, 0.3) is 0 Å². The van der Waals surface area contributed by atoms with Crippen molar-refractivity contribution in [1.29, 1.82) is 0 Å². The number of thioether (sulfide) groups is 1. The van der Waals surface area contributed by atoms with Gasteiger partial charge in [0.15, 0.2) is 5.82 Å². The SMILES string of the molecule is CC(C)c1nnc2sc(CC3CSCCN3)nn12. The van der Waals surface area contributed by atoms with Crippen molar-refractivity contribution in [3.8, 4) is 0 Å². The second-order valence-corrected chi connectivity index (χ2v) is 7.02. The van der Waals surface area contributed by atoms with Crippen LogP contribution < -0.4 is 5.32 Å². The van der Waals surface area contributed by atoms with E-state index in [9.17, 15) is 0 Å². The van der Waals surface area contributed by atoms with Crippen LogP contribution in [0, 0.1) is 0 Å². The van der Waals surface area contributed by atoms with Gasteiger partial charge in [0.05, 0.1) is 0 Å². The van der Waals surface area contributed by atoms with E-state index in [1.165, 1.54) is 11.5 Å². The van der Waals surface area contributed by atoms with Crippen molar-refractivity contribution in [3.63, 3.8) is 0 Å². The Morgan fingerprint density at radius 2 is 2.33 bits per heavy atom. The summed E-state index contributed by atoms with van der Waals surface area (Å²) in [6.07, 6.45) is 0.999. The first-order valence-corrected chi connectivity index (χ1v) is 8.23. The van der Waals surface area contributed by atoms with Crippen LogP contribution in [0.3, 0.4) is 0 Å². The molecule has 3 rings (SSSR count). The molecule has 1 unspecified atom stereocenters. The molecule has 1 saturated heterocycles. The third-order valence-electron chi connectivity index (χ3n) is 2.99. The van der Waals surface area contributed by atoms with Crippen LogP contribution in [0.4, 0.5) is 0 Å². The minimum Gasteiger partial charge on any atom is -0.312 e. The Bertz CT molecular complexity index is 527. The van der Waals surface area contributed by atoms with Crippen molar-refractivity contribution in [3.05, 3.63) is 10.8 Å². The van der Waals surface area contributed by atoms with Crippen molar-refractivity contribution in [2.45, 2.75) is 32.2 Å². The lowest BCUT2D eigenvalue weighted by Crippen LogP contribution is -2.38. The molecule has 1 atom stereocenters. The molecule has 1 aliphatic heterocycles. The lowest BCUT2D eigenvalue weighted by molar-refractivity contribution is 0.557. The molecule has 98 valence electrons. The molecular weight excluding hydrogens is 266 g/mol. The van der Waals surface area contributed by atoms with Crippen LogP contribution >= 0.6 is 23.1 Å². The van der Waals surface area contributed by atoms with Crippen molar-refractivity contribution in [2.24, 2.45) is 0 Å². The van der Waals surface area contributed by atoms with E-state index in [4.69, 9.17) is 0 Å². The van der Waals surface area contributed by atoms with Gasteiger partial charge < -0.3 is 5.32 Å². The molecule has 3 heterocycles. The minimum absolute atomic E-state index is 0.360.